The molecule has 0 radical (unpaired) electrons. The van der Waals surface area contributed by atoms with Crippen molar-refractivity contribution >= 4 is 49.8 Å². The molecule has 4 aliphatic rings. The molecule has 0 unspecified atom stereocenters. The Morgan fingerprint density at radius 2 is 1.00 bits per heavy atom. The van der Waals surface area contributed by atoms with Crippen LogP contribution in [0.3, 0.4) is 0 Å². The topological polar surface area (TPSA) is 222 Å². The Kier molecular flexibility index (Phi) is 17.0. The number of benzene rings is 4. The van der Waals surface area contributed by atoms with Crippen LogP contribution in [0, 0.1) is 10.8 Å². The summed E-state index contributed by atoms with van der Waals surface area (Å²) in [6.07, 6.45) is -0.858. The highest BCUT2D eigenvalue weighted by atomic mass is 32.2. The van der Waals surface area contributed by atoms with Crippen LogP contribution >= 0.6 is 0 Å². The van der Waals surface area contributed by atoms with Gasteiger partial charge in [-0.15, -0.1) is 10.2 Å². The van der Waals surface area contributed by atoms with Gasteiger partial charge in [0.15, 0.2) is 5.78 Å². The van der Waals surface area contributed by atoms with Gasteiger partial charge in [0.25, 0.3) is 5.89 Å². The number of ether oxygens (including phenoxy) is 2. The first-order valence-electron chi connectivity index (χ1n) is 25.9. The summed E-state index contributed by atoms with van der Waals surface area (Å²) in [6.45, 7) is 14.9. The number of para-hydroxylation sites is 2. The maximum Gasteiger partial charge on any atom is 0.410 e. The summed E-state index contributed by atoms with van der Waals surface area (Å²) in [5, 5.41) is 7.01. The van der Waals surface area contributed by atoms with E-state index in [2.05, 4.69) is 10.2 Å². The highest BCUT2D eigenvalue weighted by molar-refractivity contribution is 7.90. The second-order valence-corrected chi connectivity index (χ2v) is 26.1. The number of anilines is 2. The first kappa shape index (κ1) is 57.6. The van der Waals surface area contributed by atoms with Crippen molar-refractivity contribution in [3.05, 3.63) is 132 Å². The van der Waals surface area contributed by atoms with Crippen LogP contribution in [0.25, 0.3) is 11.5 Å². The summed E-state index contributed by atoms with van der Waals surface area (Å²) in [6, 6.07) is 31.4. The normalized spacial score (nSPS) is 17.6. The summed E-state index contributed by atoms with van der Waals surface area (Å²) in [7, 11) is -7.71. The second-order valence-electron chi connectivity index (χ2n) is 22.4. The fourth-order valence-electron chi connectivity index (χ4n) is 9.97. The SMILES string of the molecule is CC(C)(C)OC(=O)N1CC2(CCN(S(=O)(=O)N(Cc3ccc(-c4nnc(C(F)F)o4)cc3)c3ccccc3)CC2)C1.CC(C)(C)OC(=O)N1CC2(CCN(S(=O)(=O)N(Cc3ccc(C(=O)CN)cc3)c3ccccc3)CC2)C1. The predicted molar refractivity (Wildman–Crippen MR) is 290 cm³/mol. The van der Waals surface area contributed by atoms with Crippen molar-refractivity contribution in [1.82, 2.24) is 28.6 Å². The molecule has 5 aromatic rings. The van der Waals surface area contributed by atoms with E-state index in [1.165, 1.54) is 17.2 Å². The number of Topliss-reactive ketones (excluding diaryl/α,β-unsaturated/α-hetero) is 1. The van der Waals surface area contributed by atoms with Gasteiger partial charge in [0, 0.05) is 74.3 Å². The van der Waals surface area contributed by atoms with E-state index in [-0.39, 0.29) is 54.3 Å². The zero-order valence-electron chi connectivity index (χ0n) is 44.9. The minimum atomic E-state index is -3.89. The molecule has 4 aromatic carbocycles. The Labute approximate surface area is 455 Å². The van der Waals surface area contributed by atoms with E-state index in [0.29, 0.717) is 106 Å². The monoisotopic (exact) mass is 1120 g/mol. The Morgan fingerprint density at radius 3 is 1.35 bits per heavy atom. The summed E-state index contributed by atoms with van der Waals surface area (Å²) in [5.41, 5.74) is 7.68. The van der Waals surface area contributed by atoms with Gasteiger partial charge in [-0.3, -0.25) is 13.4 Å². The van der Waals surface area contributed by atoms with Gasteiger partial charge in [0.1, 0.15) is 11.2 Å². The third kappa shape index (κ3) is 13.6. The lowest BCUT2D eigenvalue weighted by atomic mass is 9.72. The fraction of sp³-hybridized carbons (Fsp3) is 0.473. The van der Waals surface area contributed by atoms with E-state index < -0.39 is 43.9 Å². The number of aromatic nitrogens is 2. The molecule has 78 heavy (non-hydrogen) atoms. The van der Waals surface area contributed by atoms with E-state index >= 15 is 0 Å². The van der Waals surface area contributed by atoms with Crippen LogP contribution in [0.15, 0.2) is 114 Å². The van der Waals surface area contributed by atoms with Crippen LogP contribution in [0.2, 0.25) is 0 Å². The first-order chi connectivity index (χ1) is 36.8. The van der Waals surface area contributed by atoms with Gasteiger partial charge in [-0.25, -0.2) is 9.59 Å². The van der Waals surface area contributed by atoms with Crippen molar-refractivity contribution in [2.75, 3.05) is 67.5 Å². The van der Waals surface area contributed by atoms with E-state index in [1.807, 2.05) is 65.8 Å². The Balaban J connectivity index is 0.000000207. The first-order valence-corrected chi connectivity index (χ1v) is 28.7. The maximum atomic E-state index is 14.0. The maximum absolute atomic E-state index is 14.0. The van der Waals surface area contributed by atoms with Crippen LogP contribution in [-0.2, 0) is 43.0 Å². The third-order valence-electron chi connectivity index (χ3n) is 14.2. The van der Waals surface area contributed by atoms with Crippen molar-refractivity contribution in [1.29, 1.82) is 0 Å². The molecule has 420 valence electrons. The van der Waals surface area contributed by atoms with E-state index in [4.69, 9.17) is 19.6 Å². The quantitative estimate of drug-likeness (QED) is 0.103. The highest BCUT2D eigenvalue weighted by Crippen LogP contribution is 2.44. The van der Waals surface area contributed by atoms with Crippen LogP contribution in [0.5, 0.6) is 0 Å². The van der Waals surface area contributed by atoms with Crippen LogP contribution in [-0.4, -0.2) is 134 Å². The molecule has 2 N–H and O–H groups in total. The van der Waals surface area contributed by atoms with Gasteiger partial charge >= 0.3 is 39.0 Å². The molecule has 1 aromatic heterocycles. The molecule has 9 rings (SSSR count). The lowest BCUT2D eigenvalue weighted by molar-refractivity contribution is -0.0523. The molecule has 4 saturated heterocycles. The minimum absolute atomic E-state index is 0.0390. The average molecular weight is 1120 g/mol. The smallest absolute Gasteiger partial charge is 0.410 e. The van der Waals surface area contributed by atoms with Crippen molar-refractivity contribution in [2.45, 2.75) is 97.9 Å². The van der Waals surface area contributed by atoms with Crippen molar-refractivity contribution in [3.8, 4) is 11.5 Å². The number of alkyl halides is 2. The largest absolute Gasteiger partial charge is 0.444 e. The Hall–Kier alpha value is -6.53. The van der Waals surface area contributed by atoms with Gasteiger partial charge in [0.05, 0.1) is 31.0 Å². The number of nitrogens with zero attached hydrogens (tertiary/aromatic N) is 8. The van der Waals surface area contributed by atoms with Crippen LogP contribution in [0.4, 0.5) is 29.7 Å². The molecule has 0 bridgehead atoms. The second kappa shape index (κ2) is 23.0. The number of piperidine rings is 2. The number of carbonyl (C=O) groups is 3. The molecule has 5 heterocycles. The van der Waals surface area contributed by atoms with E-state index in [9.17, 15) is 40.0 Å². The lowest BCUT2D eigenvalue weighted by Gasteiger charge is -2.53. The molecule has 4 fully saturated rings. The number of carbonyl (C=O) groups excluding carboxylic acids is 3. The highest BCUT2D eigenvalue weighted by Gasteiger charge is 2.51. The minimum Gasteiger partial charge on any atom is -0.444 e. The number of likely N-dealkylation sites (tertiary alicyclic amines) is 2. The average Bonchev–Trinajstić information content (AvgIpc) is 4.06. The number of rotatable bonds is 14. The van der Waals surface area contributed by atoms with Crippen molar-refractivity contribution < 1.29 is 53.9 Å². The van der Waals surface area contributed by atoms with Crippen LogP contribution in [0.1, 0.15) is 101 Å². The molecular weight excluding hydrogens is 1050 g/mol. The van der Waals surface area contributed by atoms with Gasteiger partial charge in [0.2, 0.25) is 5.89 Å². The molecule has 2 amide bonds. The number of hydrogen-bond acceptors (Lipinski definition) is 13. The molecule has 2 spiro atoms. The molecule has 0 aliphatic carbocycles. The summed E-state index contributed by atoms with van der Waals surface area (Å²) < 4.78 is 103. The van der Waals surface area contributed by atoms with Gasteiger partial charge in [-0.05, 0) is 115 Å². The predicted octanol–water partition coefficient (Wildman–Crippen LogP) is 8.67. The molecule has 0 atom stereocenters. The number of ketones is 1. The summed E-state index contributed by atoms with van der Waals surface area (Å²) in [4.78, 5) is 40.0. The number of hydrogen-bond donors (Lipinski definition) is 1. The lowest BCUT2D eigenvalue weighted by Crippen LogP contribution is -2.63. The molecule has 4 aliphatic heterocycles. The molecule has 23 heteroatoms. The van der Waals surface area contributed by atoms with E-state index in [0.717, 1.165) is 5.56 Å². The van der Waals surface area contributed by atoms with Gasteiger partial charge in [-0.2, -0.15) is 34.2 Å². The van der Waals surface area contributed by atoms with Gasteiger partial charge in [-0.1, -0.05) is 72.8 Å². The zero-order valence-corrected chi connectivity index (χ0v) is 46.5. The summed E-state index contributed by atoms with van der Waals surface area (Å²) >= 11 is 0. The Morgan fingerprint density at radius 1 is 0.615 bits per heavy atom. The van der Waals surface area contributed by atoms with Crippen molar-refractivity contribution in [2.24, 2.45) is 16.6 Å². The van der Waals surface area contributed by atoms with Crippen LogP contribution < -0.4 is 14.3 Å². The third-order valence-corrected chi connectivity index (χ3v) is 18.0. The summed E-state index contributed by atoms with van der Waals surface area (Å²) in [5.74, 6) is -0.960. The number of amides is 2. The molecular formula is C55H69F2N9O10S2. The van der Waals surface area contributed by atoms with E-state index in [1.54, 1.807) is 94.7 Å². The Bertz CT molecular complexity index is 3090. The number of halogens is 2. The fourth-order valence-corrected chi connectivity index (χ4v) is 13.2. The zero-order chi connectivity index (χ0) is 56.3. The standard InChI is InChI=1S/C28H33F2N5O5S.C27H36N4O5S/c1-27(2,3)40-26(36)33-18-28(19-33)13-15-34(16-14-28)41(37,38)35(22-7-5-4-6-8-22)17-20-9-11-21(12-10-20)24-31-32-25(39-24)23(29)30;1-26(2,3)36-25(33)29-19-27(20-29)13-15-30(16-14-27)37(34,35)31(23-7-5-4-6-8-23)18-21-9-11-22(12-10-21)24(32)17-28/h4-12,23H,13-19H2,1-3H3;4-12H,13-20,28H2,1-3H3. The molecule has 19 nitrogen and oxygen atoms in total. The number of nitrogens with two attached hydrogens (primary N) is 1. The molecule has 0 saturated carbocycles. The van der Waals surface area contributed by atoms with Gasteiger partial charge < -0.3 is 29.4 Å². The van der Waals surface area contributed by atoms with Crippen molar-refractivity contribution in [3.63, 3.8) is 0 Å².